The highest BCUT2D eigenvalue weighted by Crippen LogP contribution is 2.35. The summed E-state index contributed by atoms with van der Waals surface area (Å²) in [6.45, 7) is 21.1. The predicted octanol–water partition coefficient (Wildman–Crippen LogP) is 9.00. The highest BCUT2D eigenvalue weighted by Gasteiger charge is 2.20. The number of aromatic nitrogens is 4. The lowest BCUT2D eigenvalue weighted by atomic mass is 9.87. The fourth-order valence-corrected chi connectivity index (χ4v) is 4.46. The Bertz CT molecular complexity index is 1550. The molecule has 0 N–H and O–H groups in total. The third-order valence-electron chi connectivity index (χ3n) is 6.97. The van der Waals surface area contributed by atoms with E-state index < -0.39 is 0 Å². The molecule has 0 aliphatic rings. The average molecular weight is 531 g/mol. The zero-order chi connectivity index (χ0) is 28.7. The molecule has 0 amide bonds. The van der Waals surface area contributed by atoms with Gasteiger partial charge < -0.3 is 8.83 Å². The zero-order valence-electron chi connectivity index (χ0n) is 23.9. The maximum Gasteiger partial charge on any atom is 0.248 e. The van der Waals surface area contributed by atoms with Crippen LogP contribution in [0.5, 0.6) is 0 Å². The van der Waals surface area contributed by atoms with Gasteiger partial charge in [0.05, 0.1) is 0 Å². The second-order valence-corrected chi connectivity index (χ2v) is 11.9. The maximum atomic E-state index is 6.11. The molecule has 40 heavy (non-hydrogen) atoms. The normalized spacial score (nSPS) is 11.9. The van der Waals surface area contributed by atoms with Gasteiger partial charge in [0.2, 0.25) is 23.6 Å². The largest absolute Gasteiger partial charge is 0.416 e. The van der Waals surface area contributed by atoms with E-state index in [0.717, 1.165) is 33.4 Å². The Morgan fingerprint density at radius 1 is 0.525 bits per heavy atom. The SMILES string of the molecule is C=Cc1cc(-c2nnc(-c3ccc(C(C)(C)C)cc3)o2)c(C=C)cc1-c1nnc(-c2ccc(C(C)(C)C)cc2)o1. The van der Waals surface area contributed by atoms with Crippen LogP contribution in [-0.4, -0.2) is 20.4 Å². The lowest BCUT2D eigenvalue weighted by Gasteiger charge is -2.18. The van der Waals surface area contributed by atoms with Crippen molar-refractivity contribution < 1.29 is 8.83 Å². The molecule has 6 nitrogen and oxygen atoms in total. The smallest absolute Gasteiger partial charge is 0.248 e. The van der Waals surface area contributed by atoms with Crippen molar-refractivity contribution in [2.75, 3.05) is 0 Å². The van der Waals surface area contributed by atoms with Gasteiger partial charge >= 0.3 is 0 Å². The number of hydrogen-bond donors (Lipinski definition) is 0. The van der Waals surface area contributed by atoms with Crippen LogP contribution >= 0.6 is 0 Å². The van der Waals surface area contributed by atoms with Gasteiger partial charge in [-0.2, -0.15) is 0 Å². The fourth-order valence-electron chi connectivity index (χ4n) is 4.46. The molecule has 0 bridgehead atoms. The molecular weight excluding hydrogens is 496 g/mol. The summed E-state index contributed by atoms with van der Waals surface area (Å²) in [5, 5.41) is 17.3. The minimum absolute atomic E-state index is 0.0657. The summed E-state index contributed by atoms with van der Waals surface area (Å²) in [6.07, 6.45) is 3.49. The Balaban J connectivity index is 1.47. The zero-order valence-corrected chi connectivity index (χ0v) is 23.9. The predicted molar refractivity (Wildman–Crippen MR) is 161 cm³/mol. The average Bonchev–Trinajstić information content (AvgIpc) is 3.62. The minimum atomic E-state index is 0.0657. The van der Waals surface area contributed by atoms with E-state index in [2.05, 4.69) is 99.4 Å². The molecule has 0 spiro atoms. The van der Waals surface area contributed by atoms with Crippen molar-refractivity contribution in [2.24, 2.45) is 0 Å². The van der Waals surface area contributed by atoms with Crippen LogP contribution in [0.3, 0.4) is 0 Å². The molecule has 5 aromatic rings. The first-order valence-corrected chi connectivity index (χ1v) is 13.3. The Hall–Kier alpha value is -4.58. The van der Waals surface area contributed by atoms with E-state index in [1.165, 1.54) is 11.1 Å². The molecule has 0 unspecified atom stereocenters. The minimum Gasteiger partial charge on any atom is -0.416 e. The van der Waals surface area contributed by atoms with E-state index in [9.17, 15) is 0 Å². The molecule has 2 heterocycles. The highest BCUT2D eigenvalue weighted by atomic mass is 16.4. The molecule has 202 valence electrons. The lowest BCUT2D eigenvalue weighted by molar-refractivity contribution is 0.580. The Morgan fingerprint density at radius 2 is 0.850 bits per heavy atom. The monoisotopic (exact) mass is 530 g/mol. The van der Waals surface area contributed by atoms with E-state index in [0.29, 0.717) is 23.6 Å². The number of benzene rings is 3. The molecule has 0 saturated carbocycles. The second-order valence-electron chi connectivity index (χ2n) is 11.9. The second kappa shape index (κ2) is 10.2. The van der Waals surface area contributed by atoms with Gasteiger partial charge in [0, 0.05) is 22.3 Å². The Kier molecular flexibility index (Phi) is 6.88. The topological polar surface area (TPSA) is 77.8 Å². The summed E-state index contributed by atoms with van der Waals surface area (Å²) >= 11 is 0. The van der Waals surface area contributed by atoms with Crippen LogP contribution in [0.2, 0.25) is 0 Å². The maximum absolute atomic E-state index is 6.11. The standard InChI is InChI=1S/C34H34N4O2/c1-9-21-19-28(32-38-36-30(40-32)24-13-17-26(18-14-24)34(6,7)8)22(10-2)20-27(21)31-37-35-29(39-31)23-11-15-25(16-12-23)33(3,4)5/h9-20H,1-2H2,3-8H3. The molecular formula is C34H34N4O2. The first-order chi connectivity index (χ1) is 19.0. The summed E-state index contributed by atoms with van der Waals surface area (Å²) < 4.78 is 12.2. The Labute approximate surface area is 235 Å². The highest BCUT2D eigenvalue weighted by molar-refractivity contribution is 5.81. The molecule has 0 fully saturated rings. The van der Waals surface area contributed by atoms with E-state index in [1.54, 1.807) is 12.2 Å². The van der Waals surface area contributed by atoms with Crippen LogP contribution in [0.1, 0.15) is 63.8 Å². The summed E-state index contributed by atoms with van der Waals surface area (Å²) in [7, 11) is 0. The van der Waals surface area contributed by atoms with Crippen molar-refractivity contribution >= 4 is 12.2 Å². The molecule has 0 radical (unpaired) electrons. The van der Waals surface area contributed by atoms with Crippen molar-refractivity contribution in [1.82, 2.24) is 20.4 Å². The van der Waals surface area contributed by atoms with Crippen LogP contribution in [0, 0.1) is 0 Å². The fraction of sp³-hybridized carbons (Fsp3) is 0.235. The van der Waals surface area contributed by atoms with Crippen LogP contribution in [0.25, 0.3) is 58.0 Å². The van der Waals surface area contributed by atoms with Crippen molar-refractivity contribution in [3.63, 3.8) is 0 Å². The molecule has 3 aromatic carbocycles. The van der Waals surface area contributed by atoms with Crippen LogP contribution in [0.15, 0.2) is 82.7 Å². The quantitative estimate of drug-likeness (QED) is 0.218. The Morgan fingerprint density at radius 3 is 1.15 bits per heavy atom. The summed E-state index contributed by atoms with van der Waals surface area (Å²) in [5.74, 6) is 1.69. The van der Waals surface area contributed by atoms with Gasteiger partial charge in [-0.3, -0.25) is 0 Å². The first kappa shape index (κ1) is 27.0. The van der Waals surface area contributed by atoms with Gasteiger partial charge in [-0.1, -0.05) is 91.1 Å². The third-order valence-corrected chi connectivity index (χ3v) is 6.97. The summed E-state index contributed by atoms with van der Waals surface area (Å²) in [5.41, 5.74) is 7.42. The number of rotatable bonds is 6. The van der Waals surface area contributed by atoms with E-state index in [-0.39, 0.29) is 10.8 Å². The van der Waals surface area contributed by atoms with Gasteiger partial charge in [-0.15, -0.1) is 20.4 Å². The molecule has 5 rings (SSSR count). The van der Waals surface area contributed by atoms with E-state index >= 15 is 0 Å². The lowest BCUT2D eigenvalue weighted by Crippen LogP contribution is -2.10. The molecule has 0 saturated heterocycles. The van der Waals surface area contributed by atoms with Crippen LogP contribution < -0.4 is 0 Å². The van der Waals surface area contributed by atoms with Gasteiger partial charge in [0.1, 0.15) is 0 Å². The first-order valence-electron chi connectivity index (χ1n) is 13.3. The molecule has 2 aromatic heterocycles. The number of nitrogens with zero attached hydrogens (tertiary/aromatic N) is 4. The van der Waals surface area contributed by atoms with Crippen molar-refractivity contribution in [3.05, 3.63) is 96.1 Å². The van der Waals surface area contributed by atoms with Crippen LogP contribution in [0.4, 0.5) is 0 Å². The molecule has 0 aliphatic heterocycles. The van der Waals surface area contributed by atoms with Crippen molar-refractivity contribution in [3.8, 4) is 45.8 Å². The molecule has 0 atom stereocenters. The van der Waals surface area contributed by atoms with Crippen molar-refractivity contribution in [2.45, 2.75) is 52.4 Å². The third kappa shape index (κ3) is 5.30. The molecule has 6 heteroatoms. The van der Waals surface area contributed by atoms with Crippen molar-refractivity contribution in [1.29, 1.82) is 0 Å². The number of hydrogen-bond acceptors (Lipinski definition) is 6. The van der Waals surface area contributed by atoms with E-state index in [4.69, 9.17) is 8.83 Å². The summed E-state index contributed by atoms with van der Waals surface area (Å²) in [6, 6.07) is 20.3. The van der Waals surface area contributed by atoms with Gasteiger partial charge in [-0.05, 0) is 69.5 Å². The van der Waals surface area contributed by atoms with Gasteiger partial charge in [0.25, 0.3) is 0 Å². The van der Waals surface area contributed by atoms with Gasteiger partial charge in [0.15, 0.2) is 0 Å². The van der Waals surface area contributed by atoms with E-state index in [1.807, 2.05) is 36.4 Å². The molecule has 0 aliphatic carbocycles. The summed E-state index contributed by atoms with van der Waals surface area (Å²) in [4.78, 5) is 0. The van der Waals surface area contributed by atoms with Crippen LogP contribution in [-0.2, 0) is 10.8 Å². The van der Waals surface area contributed by atoms with Gasteiger partial charge in [-0.25, -0.2) is 0 Å².